The molecule has 0 aromatic carbocycles. The smallest absolute Gasteiger partial charge is 0.364 e. The van der Waals surface area contributed by atoms with Crippen LogP contribution in [-0.2, 0) is 6.18 Å². The van der Waals surface area contributed by atoms with Gasteiger partial charge in [-0.1, -0.05) is 0 Å². The molecule has 0 aliphatic rings. The maximum atomic E-state index is 12.6. The quantitative estimate of drug-likeness (QED) is 0.904. The van der Waals surface area contributed by atoms with Crippen molar-refractivity contribution in [3.8, 4) is 0 Å². The van der Waals surface area contributed by atoms with E-state index in [4.69, 9.17) is 5.73 Å². The van der Waals surface area contributed by atoms with E-state index in [-0.39, 0.29) is 17.3 Å². The molecule has 0 atom stereocenters. The molecule has 2 aromatic rings. The van der Waals surface area contributed by atoms with Gasteiger partial charge in [0.15, 0.2) is 11.5 Å². The summed E-state index contributed by atoms with van der Waals surface area (Å²) in [6.07, 6.45) is -3.43. The Morgan fingerprint density at radius 1 is 1.24 bits per heavy atom. The molecule has 9 heteroatoms. The maximum absolute atomic E-state index is 12.6. The predicted octanol–water partition coefficient (Wildman–Crippen LogP) is 2.04. The molecule has 0 spiro atoms. The predicted molar refractivity (Wildman–Crippen MR) is 67.8 cm³/mol. The van der Waals surface area contributed by atoms with Crippen LogP contribution in [-0.4, -0.2) is 21.1 Å². The molecule has 0 saturated heterocycles. The van der Waals surface area contributed by atoms with E-state index in [0.29, 0.717) is 5.56 Å². The Hall–Kier alpha value is -2.71. The molecule has 0 bridgehead atoms. The Kier molecular flexibility index (Phi) is 3.74. The van der Waals surface area contributed by atoms with Crippen LogP contribution < -0.4 is 11.1 Å². The lowest BCUT2D eigenvalue weighted by Gasteiger charge is -2.09. The second-order valence-electron chi connectivity index (χ2n) is 4.18. The summed E-state index contributed by atoms with van der Waals surface area (Å²) in [6, 6.07) is 3.15. The molecular formula is C12H10F3N5O. The Morgan fingerprint density at radius 3 is 2.52 bits per heavy atom. The van der Waals surface area contributed by atoms with Crippen LogP contribution in [0, 0.1) is 6.92 Å². The summed E-state index contributed by atoms with van der Waals surface area (Å²) in [5, 5.41) is 9.86. The van der Waals surface area contributed by atoms with Gasteiger partial charge in [-0.15, -0.1) is 10.2 Å². The van der Waals surface area contributed by atoms with Gasteiger partial charge < -0.3 is 11.1 Å². The number of nitrogens with two attached hydrogens (primary N) is 1. The number of alkyl halides is 3. The Bertz CT molecular complexity index is 687. The second-order valence-corrected chi connectivity index (χ2v) is 4.18. The fraction of sp³-hybridized carbons (Fsp3) is 0.167. The summed E-state index contributed by atoms with van der Waals surface area (Å²) in [6.45, 7) is 1.58. The first-order valence-electron chi connectivity index (χ1n) is 5.72. The zero-order valence-corrected chi connectivity index (χ0v) is 10.8. The van der Waals surface area contributed by atoms with Crippen molar-refractivity contribution in [2.45, 2.75) is 13.1 Å². The highest BCUT2D eigenvalue weighted by Gasteiger charge is 2.30. The van der Waals surface area contributed by atoms with Crippen molar-refractivity contribution in [2.24, 2.45) is 5.73 Å². The van der Waals surface area contributed by atoms with E-state index in [2.05, 4.69) is 20.5 Å². The topological polar surface area (TPSA) is 93.8 Å². The van der Waals surface area contributed by atoms with Crippen LogP contribution in [0.1, 0.15) is 21.6 Å². The molecule has 2 heterocycles. The highest BCUT2D eigenvalue weighted by atomic mass is 19.4. The first kappa shape index (κ1) is 14.7. The van der Waals surface area contributed by atoms with E-state index in [9.17, 15) is 18.0 Å². The summed E-state index contributed by atoms with van der Waals surface area (Å²) < 4.78 is 37.7. The van der Waals surface area contributed by atoms with Crippen molar-refractivity contribution < 1.29 is 18.0 Å². The van der Waals surface area contributed by atoms with Crippen LogP contribution in [0.3, 0.4) is 0 Å². The highest BCUT2D eigenvalue weighted by Crippen LogP contribution is 2.30. The lowest BCUT2D eigenvalue weighted by molar-refractivity contribution is -0.137. The van der Waals surface area contributed by atoms with E-state index in [1.807, 2.05) is 0 Å². The molecule has 2 aromatic heterocycles. The van der Waals surface area contributed by atoms with Gasteiger partial charge in [0.2, 0.25) is 0 Å². The fourth-order valence-electron chi connectivity index (χ4n) is 1.60. The number of pyridine rings is 1. The van der Waals surface area contributed by atoms with Crippen molar-refractivity contribution in [1.82, 2.24) is 15.2 Å². The SMILES string of the molecule is Cc1cc(Nc2cc(C(F)(F)F)ccn2)nnc1C(N)=O. The van der Waals surface area contributed by atoms with Gasteiger partial charge >= 0.3 is 6.18 Å². The third-order valence-corrected chi connectivity index (χ3v) is 2.56. The van der Waals surface area contributed by atoms with Gasteiger partial charge in [-0.2, -0.15) is 13.2 Å². The standard InChI is InChI=1S/C12H10F3N5O/c1-6-4-9(19-20-10(6)11(16)21)18-8-5-7(2-3-17-8)12(13,14)15/h2-5H,1H3,(H2,16,21)(H,17,18,19). The van der Waals surface area contributed by atoms with Gasteiger partial charge in [0, 0.05) is 6.20 Å². The molecule has 3 N–H and O–H groups in total. The largest absolute Gasteiger partial charge is 0.416 e. The molecule has 2 rings (SSSR count). The first-order valence-corrected chi connectivity index (χ1v) is 5.72. The highest BCUT2D eigenvalue weighted by molar-refractivity contribution is 5.92. The molecule has 0 aliphatic heterocycles. The number of aryl methyl sites for hydroxylation is 1. The van der Waals surface area contributed by atoms with E-state index in [0.717, 1.165) is 18.3 Å². The van der Waals surface area contributed by atoms with E-state index < -0.39 is 17.6 Å². The number of rotatable bonds is 3. The first-order chi connectivity index (χ1) is 9.77. The van der Waals surface area contributed by atoms with Crippen LogP contribution >= 0.6 is 0 Å². The van der Waals surface area contributed by atoms with Crippen LogP contribution in [0.4, 0.5) is 24.8 Å². The zero-order valence-electron chi connectivity index (χ0n) is 10.8. The van der Waals surface area contributed by atoms with Crippen LogP contribution in [0.2, 0.25) is 0 Å². The Morgan fingerprint density at radius 2 is 1.95 bits per heavy atom. The van der Waals surface area contributed by atoms with Crippen LogP contribution in [0.25, 0.3) is 0 Å². The molecule has 0 saturated carbocycles. The van der Waals surface area contributed by atoms with E-state index in [1.165, 1.54) is 6.07 Å². The minimum absolute atomic E-state index is 0.00227. The number of primary amides is 1. The molecule has 1 amide bonds. The van der Waals surface area contributed by atoms with E-state index in [1.54, 1.807) is 6.92 Å². The van der Waals surface area contributed by atoms with E-state index >= 15 is 0 Å². The van der Waals surface area contributed by atoms with Crippen molar-refractivity contribution in [3.05, 3.63) is 41.2 Å². The molecule has 0 fully saturated rings. The minimum atomic E-state index is -4.46. The van der Waals surface area contributed by atoms with Crippen LogP contribution in [0.5, 0.6) is 0 Å². The molecule has 0 aliphatic carbocycles. The number of aromatic nitrogens is 3. The number of carbonyl (C=O) groups is 1. The average molecular weight is 297 g/mol. The van der Waals surface area contributed by atoms with Gasteiger partial charge in [-0.3, -0.25) is 4.79 Å². The maximum Gasteiger partial charge on any atom is 0.416 e. The third-order valence-electron chi connectivity index (χ3n) is 2.56. The lowest BCUT2D eigenvalue weighted by Crippen LogP contribution is -2.16. The summed E-state index contributed by atoms with van der Waals surface area (Å²) in [5.41, 5.74) is 4.70. The third kappa shape index (κ3) is 3.44. The average Bonchev–Trinajstić information content (AvgIpc) is 2.37. The van der Waals surface area contributed by atoms with Gasteiger partial charge in [0.25, 0.3) is 5.91 Å². The number of nitrogens with one attached hydrogen (secondary N) is 1. The van der Waals surface area contributed by atoms with Crippen molar-refractivity contribution in [3.63, 3.8) is 0 Å². The number of amides is 1. The Labute approximate surface area is 117 Å². The number of carbonyl (C=O) groups excluding carboxylic acids is 1. The number of anilines is 2. The Balaban J connectivity index is 2.27. The molecule has 110 valence electrons. The van der Waals surface area contributed by atoms with Crippen molar-refractivity contribution >= 4 is 17.5 Å². The van der Waals surface area contributed by atoms with Gasteiger partial charge in [0.05, 0.1) is 5.56 Å². The summed E-state index contributed by atoms with van der Waals surface area (Å²) in [4.78, 5) is 14.8. The monoisotopic (exact) mass is 297 g/mol. The number of nitrogens with zero attached hydrogens (tertiary/aromatic N) is 3. The molecule has 0 unspecified atom stereocenters. The fourth-order valence-corrected chi connectivity index (χ4v) is 1.60. The summed E-state index contributed by atoms with van der Waals surface area (Å²) >= 11 is 0. The zero-order chi connectivity index (χ0) is 15.6. The number of hydrogen-bond donors (Lipinski definition) is 2. The molecule has 6 nitrogen and oxygen atoms in total. The summed E-state index contributed by atoms with van der Waals surface area (Å²) in [5.74, 6) is -0.613. The second kappa shape index (κ2) is 5.35. The summed E-state index contributed by atoms with van der Waals surface area (Å²) in [7, 11) is 0. The van der Waals surface area contributed by atoms with Crippen molar-refractivity contribution in [2.75, 3.05) is 5.32 Å². The number of halogens is 3. The minimum Gasteiger partial charge on any atom is -0.364 e. The molecular weight excluding hydrogens is 287 g/mol. The van der Waals surface area contributed by atoms with Crippen molar-refractivity contribution in [1.29, 1.82) is 0 Å². The number of hydrogen-bond acceptors (Lipinski definition) is 5. The molecule has 0 radical (unpaired) electrons. The van der Waals surface area contributed by atoms with Gasteiger partial charge in [-0.05, 0) is 30.7 Å². The lowest BCUT2D eigenvalue weighted by atomic mass is 10.2. The van der Waals surface area contributed by atoms with Gasteiger partial charge in [-0.25, -0.2) is 4.98 Å². The van der Waals surface area contributed by atoms with Gasteiger partial charge in [0.1, 0.15) is 5.82 Å². The normalized spacial score (nSPS) is 11.2. The van der Waals surface area contributed by atoms with Crippen LogP contribution in [0.15, 0.2) is 24.4 Å². The molecule has 21 heavy (non-hydrogen) atoms.